The molecule has 3 heteroatoms. The molecule has 0 saturated heterocycles. The Bertz CT molecular complexity index is 592. The second-order valence-electron chi connectivity index (χ2n) is 5.54. The molecule has 0 aliphatic carbocycles. The van der Waals surface area contributed by atoms with Gasteiger partial charge in [-0.25, -0.2) is 0 Å². The van der Waals surface area contributed by atoms with Gasteiger partial charge < -0.3 is 15.2 Å². The molecule has 0 radical (unpaired) electrons. The van der Waals surface area contributed by atoms with Crippen molar-refractivity contribution in [3.63, 3.8) is 0 Å². The van der Waals surface area contributed by atoms with Crippen LogP contribution in [0.3, 0.4) is 0 Å². The zero-order chi connectivity index (χ0) is 14.7. The molecule has 0 spiro atoms. The minimum Gasteiger partial charge on any atom is -0.493 e. The Morgan fingerprint density at radius 1 is 1.19 bits per heavy atom. The number of hydrogen-bond donors (Lipinski definition) is 1. The molecule has 2 N–H and O–H groups in total. The van der Waals surface area contributed by atoms with E-state index in [4.69, 9.17) is 15.2 Å². The first kappa shape index (κ1) is 14.0. The van der Waals surface area contributed by atoms with Crippen LogP contribution in [0.2, 0.25) is 0 Å². The maximum atomic E-state index is 5.94. The Morgan fingerprint density at radius 3 is 2.71 bits per heavy atom. The molecule has 2 aromatic rings. The van der Waals surface area contributed by atoms with Crippen molar-refractivity contribution in [3.8, 4) is 11.5 Å². The Morgan fingerprint density at radius 2 is 1.95 bits per heavy atom. The van der Waals surface area contributed by atoms with Crippen molar-refractivity contribution < 1.29 is 9.47 Å². The molecule has 1 aliphatic heterocycles. The van der Waals surface area contributed by atoms with Crippen LogP contribution in [0.15, 0.2) is 48.5 Å². The van der Waals surface area contributed by atoms with Gasteiger partial charge in [0.2, 0.25) is 0 Å². The maximum absolute atomic E-state index is 5.94. The van der Waals surface area contributed by atoms with E-state index >= 15 is 0 Å². The van der Waals surface area contributed by atoms with Gasteiger partial charge in [-0.05, 0) is 37.1 Å². The number of ether oxygens (including phenoxy) is 2. The standard InChI is InChI=1S/C18H21NO2/c1-13(19)14-6-8-16(9-7-14)21-12-15-10-11-20-18-5-3-2-4-17(15)18/h2-9,13,15H,10-12,19H2,1H3/t13-,15?/m1/s1. The van der Waals surface area contributed by atoms with Crippen LogP contribution in [0.4, 0.5) is 0 Å². The van der Waals surface area contributed by atoms with Gasteiger partial charge in [0, 0.05) is 17.5 Å². The summed E-state index contributed by atoms with van der Waals surface area (Å²) < 4.78 is 11.6. The second-order valence-corrected chi connectivity index (χ2v) is 5.54. The highest BCUT2D eigenvalue weighted by Gasteiger charge is 2.21. The van der Waals surface area contributed by atoms with Crippen LogP contribution in [-0.4, -0.2) is 13.2 Å². The van der Waals surface area contributed by atoms with Crippen molar-refractivity contribution >= 4 is 0 Å². The number of benzene rings is 2. The normalized spacial score (nSPS) is 18.5. The van der Waals surface area contributed by atoms with Crippen molar-refractivity contribution in [1.82, 2.24) is 0 Å². The summed E-state index contributed by atoms with van der Waals surface area (Å²) in [6, 6.07) is 16.3. The second kappa shape index (κ2) is 6.19. The van der Waals surface area contributed by atoms with E-state index in [1.54, 1.807) is 0 Å². The predicted molar refractivity (Wildman–Crippen MR) is 83.8 cm³/mol. The SMILES string of the molecule is C[C@@H](N)c1ccc(OCC2CCOc3ccccc32)cc1. The summed E-state index contributed by atoms with van der Waals surface area (Å²) in [5.41, 5.74) is 8.22. The summed E-state index contributed by atoms with van der Waals surface area (Å²) in [5.74, 6) is 2.27. The maximum Gasteiger partial charge on any atom is 0.122 e. The molecular formula is C18H21NO2. The highest BCUT2D eigenvalue weighted by atomic mass is 16.5. The molecule has 2 aromatic carbocycles. The van der Waals surface area contributed by atoms with E-state index in [2.05, 4.69) is 12.1 Å². The van der Waals surface area contributed by atoms with E-state index in [1.165, 1.54) is 5.56 Å². The molecule has 0 fully saturated rings. The first-order chi connectivity index (χ1) is 10.2. The van der Waals surface area contributed by atoms with E-state index in [0.717, 1.165) is 30.1 Å². The van der Waals surface area contributed by atoms with Gasteiger partial charge in [0.25, 0.3) is 0 Å². The molecule has 110 valence electrons. The zero-order valence-electron chi connectivity index (χ0n) is 12.3. The zero-order valence-corrected chi connectivity index (χ0v) is 12.3. The number of hydrogen-bond acceptors (Lipinski definition) is 3. The fraction of sp³-hybridized carbons (Fsp3) is 0.333. The molecule has 1 aliphatic rings. The number of rotatable bonds is 4. The first-order valence-corrected chi connectivity index (χ1v) is 7.44. The lowest BCUT2D eigenvalue weighted by Crippen LogP contribution is -2.19. The van der Waals surface area contributed by atoms with E-state index in [0.29, 0.717) is 12.5 Å². The summed E-state index contributed by atoms with van der Waals surface area (Å²) >= 11 is 0. The largest absolute Gasteiger partial charge is 0.493 e. The van der Waals surface area contributed by atoms with Crippen LogP contribution in [0, 0.1) is 0 Å². The van der Waals surface area contributed by atoms with Gasteiger partial charge in [-0.3, -0.25) is 0 Å². The Labute approximate surface area is 125 Å². The Balaban J connectivity index is 1.66. The highest BCUT2D eigenvalue weighted by Crippen LogP contribution is 2.33. The van der Waals surface area contributed by atoms with E-state index < -0.39 is 0 Å². The number of nitrogens with two attached hydrogens (primary N) is 1. The molecule has 3 nitrogen and oxygen atoms in total. The van der Waals surface area contributed by atoms with Crippen molar-refractivity contribution in [2.75, 3.05) is 13.2 Å². The van der Waals surface area contributed by atoms with Crippen LogP contribution in [0.25, 0.3) is 0 Å². The van der Waals surface area contributed by atoms with Crippen molar-refractivity contribution in [1.29, 1.82) is 0 Å². The van der Waals surface area contributed by atoms with E-state index in [9.17, 15) is 0 Å². The molecule has 0 amide bonds. The summed E-state index contributed by atoms with van der Waals surface area (Å²) in [5, 5.41) is 0. The van der Waals surface area contributed by atoms with E-state index in [-0.39, 0.29) is 6.04 Å². The molecule has 2 atom stereocenters. The molecule has 21 heavy (non-hydrogen) atoms. The van der Waals surface area contributed by atoms with Crippen LogP contribution >= 0.6 is 0 Å². The average molecular weight is 283 g/mol. The van der Waals surface area contributed by atoms with Crippen LogP contribution < -0.4 is 15.2 Å². The lowest BCUT2D eigenvalue weighted by atomic mass is 9.94. The summed E-state index contributed by atoms with van der Waals surface area (Å²) in [7, 11) is 0. The van der Waals surface area contributed by atoms with Gasteiger partial charge in [0.15, 0.2) is 0 Å². The van der Waals surface area contributed by atoms with Crippen LogP contribution in [-0.2, 0) is 0 Å². The minimum atomic E-state index is 0.0569. The van der Waals surface area contributed by atoms with Crippen molar-refractivity contribution in [3.05, 3.63) is 59.7 Å². The predicted octanol–water partition coefficient (Wildman–Crippen LogP) is 3.65. The Hall–Kier alpha value is -2.00. The lowest BCUT2D eigenvalue weighted by molar-refractivity contribution is 0.217. The molecular weight excluding hydrogens is 262 g/mol. The highest BCUT2D eigenvalue weighted by molar-refractivity contribution is 5.38. The summed E-state index contributed by atoms with van der Waals surface area (Å²) in [6.07, 6.45) is 0.995. The topological polar surface area (TPSA) is 44.5 Å². The van der Waals surface area contributed by atoms with Gasteiger partial charge in [0.1, 0.15) is 11.5 Å². The van der Waals surface area contributed by atoms with Gasteiger partial charge in [-0.1, -0.05) is 30.3 Å². The summed E-state index contributed by atoms with van der Waals surface area (Å²) in [6.45, 7) is 3.42. The smallest absolute Gasteiger partial charge is 0.122 e. The monoisotopic (exact) mass is 283 g/mol. The average Bonchev–Trinajstić information content (AvgIpc) is 2.53. The number of para-hydroxylation sites is 1. The third-order valence-electron chi connectivity index (χ3n) is 3.94. The van der Waals surface area contributed by atoms with Crippen molar-refractivity contribution in [2.24, 2.45) is 5.73 Å². The van der Waals surface area contributed by atoms with Gasteiger partial charge >= 0.3 is 0 Å². The summed E-state index contributed by atoms with van der Waals surface area (Å²) in [4.78, 5) is 0. The minimum absolute atomic E-state index is 0.0569. The fourth-order valence-corrected chi connectivity index (χ4v) is 2.65. The van der Waals surface area contributed by atoms with E-state index in [1.807, 2.05) is 43.3 Å². The molecule has 0 saturated carbocycles. The lowest BCUT2D eigenvalue weighted by Gasteiger charge is -2.25. The fourth-order valence-electron chi connectivity index (χ4n) is 2.65. The van der Waals surface area contributed by atoms with Gasteiger partial charge in [-0.2, -0.15) is 0 Å². The van der Waals surface area contributed by atoms with Crippen LogP contribution in [0.5, 0.6) is 11.5 Å². The first-order valence-electron chi connectivity index (χ1n) is 7.44. The number of fused-ring (bicyclic) bond motifs is 1. The quantitative estimate of drug-likeness (QED) is 0.931. The molecule has 0 bridgehead atoms. The Kier molecular flexibility index (Phi) is 4.11. The van der Waals surface area contributed by atoms with Gasteiger partial charge in [0.05, 0.1) is 13.2 Å². The molecule has 0 aromatic heterocycles. The third kappa shape index (κ3) is 3.19. The molecule has 1 heterocycles. The van der Waals surface area contributed by atoms with Crippen LogP contribution in [0.1, 0.15) is 36.4 Å². The molecule has 3 rings (SSSR count). The third-order valence-corrected chi connectivity index (χ3v) is 3.94. The molecule has 1 unspecified atom stereocenters. The van der Waals surface area contributed by atoms with Crippen molar-refractivity contribution in [2.45, 2.75) is 25.3 Å². The van der Waals surface area contributed by atoms with Gasteiger partial charge in [-0.15, -0.1) is 0 Å².